The highest BCUT2D eigenvalue weighted by atomic mass is 15.1. The number of hydrogen-bond acceptors (Lipinski definition) is 2. The lowest BCUT2D eigenvalue weighted by Crippen LogP contribution is -2.16. The predicted molar refractivity (Wildman–Crippen MR) is 276 cm³/mol. The molecule has 0 N–H and O–H groups in total. The third-order valence-corrected chi connectivity index (χ3v) is 13.5. The number of hydrogen-bond donors (Lipinski definition) is 0. The highest BCUT2D eigenvalue weighted by molar-refractivity contribution is 5.87. The van der Waals surface area contributed by atoms with Gasteiger partial charge in [0.05, 0.1) is 0 Å². The summed E-state index contributed by atoms with van der Waals surface area (Å²) in [7, 11) is 0. The third-order valence-electron chi connectivity index (χ3n) is 13.5. The monoisotopic (exact) mass is 844 g/mol. The molecule has 11 rings (SSSR count). The second-order valence-electron chi connectivity index (χ2n) is 18.3. The van der Waals surface area contributed by atoms with Crippen LogP contribution in [0.3, 0.4) is 0 Å². The first-order valence-electron chi connectivity index (χ1n) is 22.8. The van der Waals surface area contributed by atoms with Crippen LogP contribution in [0.25, 0.3) is 22.3 Å². The maximum Gasteiger partial charge on any atom is 0.0465 e. The Labute approximate surface area is 389 Å². The van der Waals surface area contributed by atoms with Gasteiger partial charge in [-0.3, -0.25) is 0 Å². The molecule has 0 aliphatic heterocycles. The van der Waals surface area contributed by atoms with Gasteiger partial charge >= 0.3 is 0 Å². The molecule has 0 fully saturated rings. The number of benzene rings is 9. The van der Waals surface area contributed by atoms with E-state index < -0.39 is 0 Å². The highest BCUT2D eigenvalue weighted by Crippen LogP contribution is 2.52. The average molecular weight is 845 g/mol. The fraction of sp³-hybridized carbons (Fsp3) is 0.0938. The van der Waals surface area contributed by atoms with Gasteiger partial charge in [0.1, 0.15) is 0 Å². The van der Waals surface area contributed by atoms with Crippen LogP contribution in [-0.4, -0.2) is 0 Å². The number of anilines is 6. The van der Waals surface area contributed by atoms with Crippen LogP contribution in [0, 0.1) is 23.7 Å². The van der Waals surface area contributed by atoms with E-state index in [0.29, 0.717) is 0 Å². The Kier molecular flexibility index (Phi) is 10.0. The maximum absolute atomic E-state index is 3.47. The van der Waals surface area contributed by atoms with E-state index in [1.165, 1.54) is 44.5 Å². The first kappa shape index (κ1) is 40.5. The van der Waals surface area contributed by atoms with Gasteiger partial charge in [-0.2, -0.15) is 0 Å². The Balaban J connectivity index is 0.811. The van der Waals surface area contributed by atoms with Crippen molar-refractivity contribution in [2.45, 2.75) is 38.5 Å². The zero-order chi connectivity index (χ0) is 44.8. The highest BCUT2D eigenvalue weighted by Gasteiger charge is 2.37. The molecular weight excluding hydrogens is 797 g/mol. The van der Waals surface area contributed by atoms with Crippen LogP contribution in [0.1, 0.15) is 72.2 Å². The lowest BCUT2D eigenvalue weighted by atomic mass is 9.81. The topological polar surface area (TPSA) is 6.48 Å². The standard InChI is InChI=1S/C64H48N2/c1-63(2)59-41-47(33-37-55(59)57-39-35-53(43-61(57)63)65(49-17-9-5-10-18-49)50-19-11-6-12-20-50)31-29-45-25-27-46(28-26-45)30-32-48-34-38-56-58-40-36-54(44-62(58)64(3,4)60(56)42-48)66(51-21-13-7-14-22-51)52-23-15-8-16-24-52/h5-28,33-44H,1-4H3. The van der Waals surface area contributed by atoms with Gasteiger partial charge in [0, 0.05) is 67.2 Å². The summed E-state index contributed by atoms with van der Waals surface area (Å²) in [6, 6.07) is 77.9. The lowest BCUT2D eigenvalue weighted by molar-refractivity contribution is 0.660. The molecule has 0 aromatic heterocycles. The van der Waals surface area contributed by atoms with Crippen LogP contribution in [-0.2, 0) is 10.8 Å². The first-order chi connectivity index (χ1) is 32.2. The molecule has 0 unspecified atom stereocenters. The molecule has 9 aromatic rings. The Bertz CT molecular complexity index is 3090. The van der Waals surface area contributed by atoms with E-state index in [2.05, 4.69) is 280 Å². The van der Waals surface area contributed by atoms with Gasteiger partial charge in [0.15, 0.2) is 0 Å². The Hall–Kier alpha value is -8.30. The van der Waals surface area contributed by atoms with Gasteiger partial charge in [-0.05, 0) is 166 Å². The van der Waals surface area contributed by atoms with E-state index >= 15 is 0 Å². The molecule has 0 saturated carbocycles. The second-order valence-corrected chi connectivity index (χ2v) is 18.3. The molecule has 9 aromatic carbocycles. The molecule has 2 nitrogen and oxygen atoms in total. The van der Waals surface area contributed by atoms with Crippen molar-refractivity contribution in [3.05, 3.63) is 263 Å². The largest absolute Gasteiger partial charge is 0.310 e. The summed E-state index contributed by atoms with van der Waals surface area (Å²) < 4.78 is 0. The molecule has 2 aliphatic carbocycles. The van der Waals surface area contributed by atoms with Crippen molar-refractivity contribution < 1.29 is 0 Å². The van der Waals surface area contributed by atoms with Crippen molar-refractivity contribution in [3.63, 3.8) is 0 Å². The minimum atomic E-state index is -0.188. The maximum atomic E-state index is 3.47. The lowest BCUT2D eigenvalue weighted by Gasteiger charge is -2.28. The summed E-state index contributed by atoms with van der Waals surface area (Å²) in [5.74, 6) is 13.8. The van der Waals surface area contributed by atoms with Gasteiger partial charge in [-0.1, -0.05) is 148 Å². The van der Waals surface area contributed by atoms with Gasteiger partial charge in [0.2, 0.25) is 0 Å². The van der Waals surface area contributed by atoms with E-state index in [1.807, 2.05) is 0 Å². The molecule has 0 amide bonds. The van der Waals surface area contributed by atoms with Gasteiger partial charge in [-0.15, -0.1) is 0 Å². The molecule has 2 heteroatoms. The van der Waals surface area contributed by atoms with Crippen molar-refractivity contribution in [1.29, 1.82) is 0 Å². The second kappa shape index (κ2) is 16.4. The summed E-state index contributed by atoms with van der Waals surface area (Å²) >= 11 is 0. The fourth-order valence-electron chi connectivity index (χ4n) is 10.0. The van der Waals surface area contributed by atoms with E-state index in [9.17, 15) is 0 Å². The summed E-state index contributed by atoms with van der Waals surface area (Å²) in [6.07, 6.45) is 0. The van der Waals surface area contributed by atoms with E-state index in [-0.39, 0.29) is 10.8 Å². The zero-order valence-electron chi connectivity index (χ0n) is 37.7. The van der Waals surface area contributed by atoms with Crippen molar-refractivity contribution in [3.8, 4) is 45.9 Å². The number of rotatable bonds is 6. The first-order valence-corrected chi connectivity index (χ1v) is 22.8. The van der Waals surface area contributed by atoms with Gasteiger partial charge < -0.3 is 9.80 Å². The van der Waals surface area contributed by atoms with Crippen molar-refractivity contribution in [2.24, 2.45) is 0 Å². The molecule has 0 atom stereocenters. The molecule has 0 heterocycles. The molecule has 66 heavy (non-hydrogen) atoms. The van der Waals surface area contributed by atoms with Crippen LogP contribution in [0.2, 0.25) is 0 Å². The number of fused-ring (bicyclic) bond motifs is 6. The summed E-state index contributed by atoms with van der Waals surface area (Å²) in [5, 5.41) is 0. The molecule has 0 bridgehead atoms. The van der Waals surface area contributed by atoms with Crippen LogP contribution in [0.15, 0.2) is 218 Å². The quantitative estimate of drug-likeness (QED) is 0.154. The summed E-state index contributed by atoms with van der Waals surface area (Å²) in [5.41, 5.74) is 20.8. The SMILES string of the molecule is CC1(C)c2cc(C#Cc3ccc(C#Cc4ccc5c(c4)C(C)(C)c4cc(N(c6ccccc6)c6ccccc6)ccc4-5)cc3)ccc2-c2ccc(N(c3ccccc3)c3ccccc3)cc21. The third kappa shape index (κ3) is 7.24. The fourth-order valence-corrected chi connectivity index (χ4v) is 10.0. The number of nitrogens with zero attached hydrogens (tertiary/aromatic N) is 2. The van der Waals surface area contributed by atoms with Crippen LogP contribution >= 0.6 is 0 Å². The molecule has 314 valence electrons. The molecule has 2 aliphatic rings. The van der Waals surface area contributed by atoms with E-state index in [0.717, 1.165) is 56.4 Å². The Morgan fingerprint density at radius 1 is 0.258 bits per heavy atom. The predicted octanol–water partition coefficient (Wildman–Crippen LogP) is 16.0. The van der Waals surface area contributed by atoms with Crippen molar-refractivity contribution >= 4 is 34.1 Å². The molecule has 0 saturated heterocycles. The van der Waals surface area contributed by atoms with E-state index in [1.54, 1.807) is 0 Å². The van der Waals surface area contributed by atoms with Gasteiger partial charge in [-0.25, -0.2) is 0 Å². The smallest absolute Gasteiger partial charge is 0.0465 e. The van der Waals surface area contributed by atoms with Crippen LogP contribution < -0.4 is 9.80 Å². The van der Waals surface area contributed by atoms with Crippen molar-refractivity contribution in [1.82, 2.24) is 0 Å². The minimum absolute atomic E-state index is 0.188. The summed E-state index contributed by atoms with van der Waals surface area (Å²) in [4.78, 5) is 4.67. The summed E-state index contributed by atoms with van der Waals surface area (Å²) in [6.45, 7) is 9.33. The average Bonchev–Trinajstić information content (AvgIpc) is 3.72. The van der Waals surface area contributed by atoms with Crippen molar-refractivity contribution in [2.75, 3.05) is 9.80 Å². The molecule has 0 radical (unpaired) electrons. The normalized spacial score (nSPS) is 13.2. The van der Waals surface area contributed by atoms with Gasteiger partial charge in [0.25, 0.3) is 0 Å². The minimum Gasteiger partial charge on any atom is -0.310 e. The Morgan fingerprint density at radius 3 is 0.833 bits per heavy atom. The Morgan fingerprint density at radius 2 is 0.515 bits per heavy atom. The van der Waals surface area contributed by atoms with E-state index in [4.69, 9.17) is 0 Å². The zero-order valence-corrected chi connectivity index (χ0v) is 37.7. The molecular formula is C64H48N2. The molecule has 0 spiro atoms. The van der Waals surface area contributed by atoms with Crippen LogP contribution in [0.4, 0.5) is 34.1 Å². The number of para-hydroxylation sites is 4. The van der Waals surface area contributed by atoms with Crippen LogP contribution in [0.5, 0.6) is 0 Å².